The van der Waals surface area contributed by atoms with Crippen LogP contribution in [0.4, 0.5) is 0 Å². The lowest BCUT2D eigenvalue weighted by Crippen LogP contribution is -2.16. The summed E-state index contributed by atoms with van der Waals surface area (Å²) in [4.78, 5) is 11.9. The highest BCUT2D eigenvalue weighted by molar-refractivity contribution is 5.99. The van der Waals surface area contributed by atoms with Crippen LogP contribution in [0.5, 0.6) is 0 Å². The van der Waals surface area contributed by atoms with E-state index in [1.54, 1.807) is 0 Å². The maximum atomic E-state index is 11.9. The van der Waals surface area contributed by atoms with E-state index in [0.29, 0.717) is 30.0 Å². The summed E-state index contributed by atoms with van der Waals surface area (Å²) in [5.41, 5.74) is 2.42. The second-order valence-corrected chi connectivity index (χ2v) is 6.31. The summed E-state index contributed by atoms with van der Waals surface area (Å²) >= 11 is 0. The van der Waals surface area contributed by atoms with Crippen molar-refractivity contribution in [1.82, 2.24) is 0 Å². The van der Waals surface area contributed by atoms with Gasteiger partial charge in [-0.3, -0.25) is 4.79 Å². The van der Waals surface area contributed by atoms with Gasteiger partial charge in [-0.25, -0.2) is 0 Å². The van der Waals surface area contributed by atoms with E-state index in [1.807, 2.05) is 13.8 Å². The third-order valence-electron chi connectivity index (χ3n) is 4.10. The van der Waals surface area contributed by atoms with Crippen LogP contribution in [0.1, 0.15) is 60.3 Å². The van der Waals surface area contributed by atoms with Crippen molar-refractivity contribution in [2.24, 2.45) is 17.8 Å². The number of aliphatic hydroxyl groups excluding tert-OH is 1. The Morgan fingerprint density at radius 2 is 1.67 bits per heavy atom. The molecule has 0 aromatic rings. The molecule has 104 valence electrons. The first kappa shape index (κ1) is 15.4. The second kappa shape index (κ2) is 6.51. The number of hydrogen-bond acceptors (Lipinski definition) is 2. The molecule has 1 N–H and O–H groups in total. The number of carbonyl (C=O) groups is 1. The monoisotopic (exact) mass is 252 g/mol. The fourth-order valence-corrected chi connectivity index (χ4v) is 2.83. The Labute approximate surface area is 111 Å². The number of carbonyl (C=O) groups excluding carboxylic acids is 1. The molecule has 0 amide bonds. The highest BCUT2D eigenvalue weighted by atomic mass is 16.3. The van der Waals surface area contributed by atoms with Gasteiger partial charge >= 0.3 is 0 Å². The van der Waals surface area contributed by atoms with E-state index in [-0.39, 0.29) is 6.10 Å². The predicted molar refractivity (Wildman–Crippen MR) is 75.3 cm³/mol. The molecule has 2 atom stereocenters. The van der Waals surface area contributed by atoms with Gasteiger partial charge in [0.25, 0.3) is 0 Å². The Morgan fingerprint density at radius 3 is 2.17 bits per heavy atom. The summed E-state index contributed by atoms with van der Waals surface area (Å²) < 4.78 is 0. The van der Waals surface area contributed by atoms with Crippen LogP contribution in [0.3, 0.4) is 0 Å². The molecule has 1 aliphatic rings. The average Bonchev–Trinajstić information content (AvgIpc) is 2.67. The van der Waals surface area contributed by atoms with Gasteiger partial charge in [0.1, 0.15) is 0 Å². The van der Waals surface area contributed by atoms with E-state index in [4.69, 9.17) is 0 Å². The molecule has 1 aliphatic carbocycles. The summed E-state index contributed by atoms with van der Waals surface area (Å²) in [6, 6.07) is 0. The third kappa shape index (κ3) is 3.68. The molecule has 0 unspecified atom stereocenters. The molecular weight excluding hydrogens is 224 g/mol. The highest BCUT2D eigenvalue weighted by Crippen LogP contribution is 2.35. The van der Waals surface area contributed by atoms with Gasteiger partial charge in [-0.15, -0.1) is 0 Å². The van der Waals surface area contributed by atoms with Crippen LogP contribution < -0.4 is 0 Å². The van der Waals surface area contributed by atoms with Crippen molar-refractivity contribution in [1.29, 1.82) is 0 Å². The van der Waals surface area contributed by atoms with Gasteiger partial charge in [-0.05, 0) is 42.6 Å². The molecule has 0 fully saturated rings. The Hall–Kier alpha value is -0.630. The van der Waals surface area contributed by atoms with E-state index < -0.39 is 0 Å². The minimum absolute atomic E-state index is 0.215. The maximum absolute atomic E-state index is 11.9. The van der Waals surface area contributed by atoms with Crippen molar-refractivity contribution in [3.63, 3.8) is 0 Å². The first-order valence-corrected chi connectivity index (χ1v) is 7.28. The topological polar surface area (TPSA) is 37.3 Å². The molecule has 0 saturated carbocycles. The van der Waals surface area contributed by atoms with Crippen LogP contribution >= 0.6 is 0 Å². The van der Waals surface area contributed by atoms with Crippen LogP contribution in [0, 0.1) is 17.8 Å². The first-order valence-electron chi connectivity index (χ1n) is 7.28. The highest BCUT2D eigenvalue weighted by Gasteiger charge is 2.28. The molecule has 0 aromatic carbocycles. The van der Waals surface area contributed by atoms with Gasteiger partial charge in [0.05, 0.1) is 6.10 Å². The molecule has 0 heterocycles. The van der Waals surface area contributed by atoms with Crippen LogP contribution in [0.2, 0.25) is 0 Å². The predicted octanol–water partition coefficient (Wildman–Crippen LogP) is 3.74. The lowest BCUT2D eigenvalue weighted by Gasteiger charge is -2.20. The molecule has 0 aliphatic heterocycles. The zero-order chi connectivity index (χ0) is 13.9. The largest absolute Gasteiger partial charge is 0.393 e. The normalized spacial score (nSPS) is 20.1. The fourth-order valence-electron chi connectivity index (χ4n) is 2.83. The third-order valence-corrected chi connectivity index (χ3v) is 4.10. The number of rotatable bonds is 6. The van der Waals surface area contributed by atoms with Gasteiger partial charge < -0.3 is 5.11 Å². The van der Waals surface area contributed by atoms with Gasteiger partial charge in [-0.2, -0.15) is 0 Å². The van der Waals surface area contributed by atoms with Crippen LogP contribution in [0.15, 0.2) is 11.1 Å². The quantitative estimate of drug-likeness (QED) is 0.782. The number of allylic oxidation sites excluding steroid dienone is 2. The van der Waals surface area contributed by atoms with Crippen molar-refractivity contribution in [2.75, 3.05) is 0 Å². The fraction of sp³-hybridized carbons (Fsp3) is 0.812. The first-order chi connectivity index (χ1) is 8.34. The lowest BCUT2D eigenvalue weighted by molar-refractivity contribution is -0.115. The summed E-state index contributed by atoms with van der Waals surface area (Å²) in [6.45, 7) is 10.5. The summed E-state index contributed by atoms with van der Waals surface area (Å²) in [5.74, 6) is 1.44. The van der Waals surface area contributed by atoms with Crippen molar-refractivity contribution in [3.05, 3.63) is 11.1 Å². The Balaban J connectivity index is 2.66. The molecule has 2 nitrogen and oxygen atoms in total. The summed E-state index contributed by atoms with van der Waals surface area (Å²) in [5, 5.41) is 9.86. The van der Waals surface area contributed by atoms with Gasteiger partial charge in [0.15, 0.2) is 5.78 Å². The Bertz CT molecular complexity index is 326. The minimum Gasteiger partial charge on any atom is -0.393 e. The van der Waals surface area contributed by atoms with Crippen LogP contribution in [-0.4, -0.2) is 17.0 Å². The molecule has 1 rings (SSSR count). The Kier molecular flexibility index (Phi) is 5.58. The van der Waals surface area contributed by atoms with Crippen molar-refractivity contribution < 1.29 is 9.90 Å². The number of hydrogen-bond donors (Lipinski definition) is 1. The average molecular weight is 252 g/mol. The lowest BCUT2D eigenvalue weighted by atomic mass is 9.87. The molecule has 0 saturated heterocycles. The smallest absolute Gasteiger partial charge is 0.159 e. The molecule has 0 bridgehead atoms. The van der Waals surface area contributed by atoms with Crippen LogP contribution in [0.25, 0.3) is 0 Å². The van der Waals surface area contributed by atoms with E-state index in [2.05, 4.69) is 20.8 Å². The number of ketones is 1. The molecule has 0 aromatic heterocycles. The molecular formula is C16H28O2. The minimum atomic E-state index is -0.215. The van der Waals surface area contributed by atoms with Crippen molar-refractivity contribution in [2.45, 2.75) is 66.4 Å². The van der Waals surface area contributed by atoms with E-state index in [1.165, 1.54) is 5.57 Å². The van der Waals surface area contributed by atoms with Gasteiger partial charge in [0, 0.05) is 6.42 Å². The van der Waals surface area contributed by atoms with E-state index >= 15 is 0 Å². The van der Waals surface area contributed by atoms with E-state index in [9.17, 15) is 9.90 Å². The molecule has 0 radical (unpaired) electrons. The number of Topliss-reactive ketones (excluding diaryl/α,β-unsaturated/α-hetero) is 1. The summed E-state index contributed by atoms with van der Waals surface area (Å²) in [7, 11) is 0. The summed E-state index contributed by atoms with van der Waals surface area (Å²) in [6.07, 6.45) is 3.23. The zero-order valence-electron chi connectivity index (χ0n) is 12.5. The number of aliphatic hydroxyl groups is 1. The molecule has 18 heavy (non-hydrogen) atoms. The SMILES string of the molecule is CC(C)C1=C([C@H](C)CC[C@@H](O)C(C)C)CCC1=O. The van der Waals surface area contributed by atoms with Gasteiger partial charge in [-0.1, -0.05) is 40.2 Å². The van der Waals surface area contributed by atoms with Crippen molar-refractivity contribution >= 4 is 5.78 Å². The van der Waals surface area contributed by atoms with Gasteiger partial charge in [0.2, 0.25) is 0 Å². The zero-order valence-corrected chi connectivity index (χ0v) is 12.5. The second-order valence-electron chi connectivity index (χ2n) is 6.31. The maximum Gasteiger partial charge on any atom is 0.159 e. The van der Waals surface area contributed by atoms with Crippen LogP contribution in [-0.2, 0) is 4.79 Å². The molecule has 0 spiro atoms. The standard InChI is InChI=1S/C16H28O2/c1-10(2)14(17)8-6-12(5)13-7-9-15(18)16(13)11(3)4/h10-12,14,17H,6-9H2,1-5H3/t12-,14-/m1/s1. The van der Waals surface area contributed by atoms with Crippen molar-refractivity contribution in [3.8, 4) is 0 Å². The Morgan fingerprint density at radius 1 is 1.06 bits per heavy atom. The van der Waals surface area contributed by atoms with E-state index in [0.717, 1.165) is 24.8 Å². The molecule has 2 heteroatoms.